The van der Waals surface area contributed by atoms with Crippen LogP contribution in [0, 0.1) is 17.3 Å². The Morgan fingerprint density at radius 1 is 1.22 bits per heavy atom. The van der Waals surface area contributed by atoms with Gasteiger partial charge in [0, 0.05) is 13.3 Å². The first-order chi connectivity index (χ1) is 11.1. The van der Waals surface area contributed by atoms with Crippen LogP contribution in [-0.2, 0) is 20.7 Å². The number of benzene rings is 1. The number of Topliss-reactive ketones (excluding diaryl/α,β-unsaturated/α-hetero) is 1. The Labute approximate surface area is 137 Å². The van der Waals surface area contributed by atoms with Crippen molar-refractivity contribution >= 4 is 11.8 Å². The molecule has 122 valence electrons. The van der Waals surface area contributed by atoms with Gasteiger partial charge in [-0.05, 0) is 61.0 Å². The average molecular weight is 312 g/mol. The fourth-order valence-electron chi connectivity index (χ4n) is 5.60. The summed E-state index contributed by atoms with van der Waals surface area (Å²) in [6, 6.07) is 8.81. The molecule has 0 amide bonds. The lowest BCUT2D eigenvalue weighted by Gasteiger charge is -2.49. The van der Waals surface area contributed by atoms with E-state index in [0.717, 1.165) is 25.7 Å². The van der Waals surface area contributed by atoms with Crippen LogP contribution in [0.2, 0.25) is 0 Å². The van der Waals surface area contributed by atoms with Crippen molar-refractivity contribution in [1.82, 2.24) is 0 Å². The van der Waals surface area contributed by atoms with Gasteiger partial charge in [-0.25, -0.2) is 0 Å². The van der Waals surface area contributed by atoms with E-state index < -0.39 is 0 Å². The van der Waals surface area contributed by atoms with E-state index in [4.69, 9.17) is 4.74 Å². The molecule has 1 aromatic rings. The minimum Gasteiger partial charge on any atom is -0.465 e. The second kappa shape index (κ2) is 5.47. The second-order valence-corrected chi connectivity index (χ2v) is 7.55. The van der Waals surface area contributed by atoms with Crippen molar-refractivity contribution in [2.24, 2.45) is 17.3 Å². The summed E-state index contributed by atoms with van der Waals surface area (Å²) >= 11 is 0. The predicted octanol–water partition coefficient (Wildman–Crippen LogP) is 3.66. The first-order valence-electron chi connectivity index (χ1n) is 8.86. The fraction of sp³-hybridized carbons (Fsp3) is 0.600. The van der Waals surface area contributed by atoms with Crippen LogP contribution in [0.3, 0.4) is 0 Å². The lowest BCUT2D eigenvalue weighted by molar-refractivity contribution is -0.151. The lowest BCUT2D eigenvalue weighted by Crippen LogP contribution is -2.47. The van der Waals surface area contributed by atoms with Gasteiger partial charge >= 0.3 is 5.97 Å². The number of ether oxygens (including phenoxy) is 1. The standard InChI is InChI=1S/C20H24O3/c1-13(21)23-12-20-11-10-16-15-5-3-2-4-14(15)6-7-17(16)18(20)8-9-19(20)22/h2-5,16-18H,6-12H2,1H3/t16-,17-,18+,20-/m1/s1. The van der Waals surface area contributed by atoms with Crippen LogP contribution in [0.5, 0.6) is 0 Å². The van der Waals surface area contributed by atoms with E-state index in [0.29, 0.717) is 36.6 Å². The van der Waals surface area contributed by atoms with Crippen molar-refractivity contribution < 1.29 is 14.3 Å². The van der Waals surface area contributed by atoms with Gasteiger partial charge in [0.25, 0.3) is 0 Å². The third-order valence-corrected chi connectivity index (χ3v) is 6.62. The Hall–Kier alpha value is -1.64. The van der Waals surface area contributed by atoms with Crippen molar-refractivity contribution in [1.29, 1.82) is 0 Å². The smallest absolute Gasteiger partial charge is 0.302 e. The molecule has 4 rings (SSSR count). The number of esters is 1. The van der Waals surface area contributed by atoms with E-state index >= 15 is 0 Å². The topological polar surface area (TPSA) is 43.4 Å². The summed E-state index contributed by atoms with van der Waals surface area (Å²) in [6.45, 7) is 1.74. The molecule has 0 N–H and O–H groups in total. The third kappa shape index (κ3) is 2.24. The minimum absolute atomic E-state index is 0.270. The Kier molecular flexibility index (Phi) is 3.55. The zero-order chi connectivity index (χ0) is 16.0. The maximum absolute atomic E-state index is 12.7. The zero-order valence-electron chi connectivity index (χ0n) is 13.7. The highest BCUT2D eigenvalue weighted by atomic mass is 16.5. The van der Waals surface area contributed by atoms with Crippen LogP contribution in [-0.4, -0.2) is 18.4 Å². The second-order valence-electron chi connectivity index (χ2n) is 7.55. The Morgan fingerprint density at radius 2 is 2.04 bits per heavy atom. The summed E-state index contributed by atoms with van der Waals surface area (Å²) < 4.78 is 5.35. The highest BCUT2D eigenvalue weighted by Gasteiger charge is 2.57. The molecule has 0 heterocycles. The molecule has 3 heteroatoms. The lowest BCUT2D eigenvalue weighted by atomic mass is 9.55. The summed E-state index contributed by atoms with van der Waals surface area (Å²) in [4.78, 5) is 24.0. The molecular weight excluding hydrogens is 288 g/mol. The van der Waals surface area contributed by atoms with Crippen LogP contribution in [0.25, 0.3) is 0 Å². The van der Waals surface area contributed by atoms with Gasteiger partial charge in [-0.1, -0.05) is 24.3 Å². The van der Waals surface area contributed by atoms with Gasteiger partial charge in [0.1, 0.15) is 12.4 Å². The van der Waals surface area contributed by atoms with Gasteiger partial charge < -0.3 is 4.74 Å². The maximum Gasteiger partial charge on any atom is 0.302 e. The van der Waals surface area contributed by atoms with Crippen LogP contribution >= 0.6 is 0 Å². The van der Waals surface area contributed by atoms with Gasteiger partial charge in [-0.2, -0.15) is 0 Å². The van der Waals surface area contributed by atoms with Crippen LogP contribution < -0.4 is 0 Å². The molecular formula is C20H24O3. The van der Waals surface area contributed by atoms with Crippen LogP contribution in [0.4, 0.5) is 0 Å². The predicted molar refractivity (Wildman–Crippen MR) is 87.0 cm³/mol. The summed E-state index contributed by atoms with van der Waals surface area (Å²) in [5.74, 6) is 1.61. The Morgan fingerprint density at radius 3 is 2.87 bits per heavy atom. The van der Waals surface area contributed by atoms with Gasteiger partial charge in [-0.3, -0.25) is 9.59 Å². The van der Waals surface area contributed by atoms with Crippen molar-refractivity contribution in [3.63, 3.8) is 0 Å². The number of hydrogen-bond donors (Lipinski definition) is 0. The number of aryl methyl sites for hydroxylation is 1. The molecule has 0 aliphatic heterocycles. The number of hydrogen-bond acceptors (Lipinski definition) is 3. The average Bonchev–Trinajstić information content (AvgIpc) is 2.90. The Balaban J connectivity index is 1.66. The van der Waals surface area contributed by atoms with Gasteiger partial charge in [0.05, 0.1) is 5.41 Å². The first kappa shape index (κ1) is 14.9. The van der Waals surface area contributed by atoms with E-state index in [1.54, 1.807) is 0 Å². The Bertz CT molecular complexity index is 650. The van der Waals surface area contributed by atoms with E-state index in [1.807, 2.05) is 0 Å². The molecule has 1 aromatic carbocycles. The monoisotopic (exact) mass is 312 g/mol. The third-order valence-electron chi connectivity index (χ3n) is 6.62. The minimum atomic E-state index is -0.390. The summed E-state index contributed by atoms with van der Waals surface area (Å²) in [5.41, 5.74) is 2.61. The van der Waals surface area contributed by atoms with Gasteiger partial charge in [0.15, 0.2) is 0 Å². The molecule has 0 aromatic heterocycles. The molecule has 0 saturated heterocycles. The zero-order valence-corrected chi connectivity index (χ0v) is 13.7. The van der Waals surface area contributed by atoms with Gasteiger partial charge in [0.2, 0.25) is 0 Å². The maximum atomic E-state index is 12.7. The largest absolute Gasteiger partial charge is 0.465 e. The van der Waals surface area contributed by atoms with Crippen molar-refractivity contribution in [2.45, 2.75) is 51.4 Å². The van der Waals surface area contributed by atoms with Crippen LogP contribution in [0.15, 0.2) is 24.3 Å². The number of fused-ring (bicyclic) bond motifs is 5. The van der Waals surface area contributed by atoms with Crippen LogP contribution in [0.1, 0.15) is 56.1 Å². The van der Waals surface area contributed by atoms with E-state index in [-0.39, 0.29) is 11.4 Å². The first-order valence-corrected chi connectivity index (χ1v) is 8.86. The molecule has 4 atom stereocenters. The molecule has 23 heavy (non-hydrogen) atoms. The van der Waals surface area contributed by atoms with Crippen molar-refractivity contribution in [3.8, 4) is 0 Å². The molecule has 3 nitrogen and oxygen atoms in total. The molecule has 0 bridgehead atoms. The van der Waals surface area contributed by atoms with E-state index in [2.05, 4.69) is 24.3 Å². The number of carbonyl (C=O) groups is 2. The van der Waals surface area contributed by atoms with Crippen molar-refractivity contribution in [3.05, 3.63) is 35.4 Å². The van der Waals surface area contributed by atoms with Crippen molar-refractivity contribution in [2.75, 3.05) is 6.61 Å². The molecule has 0 unspecified atom stereocenters. The highest BCUT2D eigenvalue weighted by Crippen LogP contribution is 2.59. The SMILES string of the molecule is CC(=O)OC[C@]12CC[C@@H]3c4ccccc4CC[C@H]3[C@@H]1CCC2=O. The summed E-state index contributed by atoms with van der Waals surface area (Å²) in [5, 5.41) is 0. The molecule has 2 fully saturated rings. The van der Waals surface area contributed by atoms with E-state index in [1.165, 1.54) is 24.5 Å². The molecule has 2 saturated carbocycles. The molecule has 0 spiro atoms. The van der Waals surface area contributed by atoms with Gasteiger partial charge in [-0.15, -0.1) is 0 Å². The highest BCUT2D eigenvalue weighted by molar-refractivity contribution is 5.88. The molecule has 3 aliphatic carbocycles. The molecule has 0 radical (unpaired) electrons. The summed E-state index contributed by atoms with van der Waals surface area (Å²) in [6.07, 6.45) is 5.85. The number of ketones is 1. The number of carbonyl (C=O) groups excluding carboxylic acids is 2. The number of rotatable bonds is 2. The quantitative estimate of drug-likeness (QED) is 0.783. The molecule has 3 aliphatic rings. The fourth-order valence-corrected chi connectivity index (χ4v) is 5.60. The van der Waals surface area contributed by atoms with E-state index in [9.17, 15) is 9.59 Å². The summed E-state index contributed by atoms with van der Waals surface area (Å²) in [7, 11) is 0. The normalized spacial score (nSPS) is 35.2.